The van der Waals surface area contributed by atoms with E-state index in [9.17, 15) is 15.0 Å². The van der Waals surface area contributed by atoms with Gasteiger partial charge in [0, 0.05) is 24.2 Å². The van der Waals surface area contributed by atoms with E-state index in [1.165, 1.54) is 0 Å². The summed E-state index contributed by atoms with van der Waals surface area (Å²) in [5.41, 5.74) is 0. The minimum Gasteiger partial charge on any atom is -0.392 e. The third-order valence-electron chi connectivity index (χ3n) is 3.77. The highest BCUT2D eigenvalue weighted by atomic mass is 16.3. The van der Waals surface area contributed by atoms with Gasteiger partial charge >= 0.3 is 0 Å². The van der Waals surface area contributed by atoms with Crippen molar-refractivity contribution in [3.63, 3.8) is 0 Å². The molecule has 2 aliphatic carbocycles. The third kappa shape index (κ3) is 1.86. The second-order valence-corrected chi connectivity index (χ2v) is 4.69. The predicted molar refractivity (Wildman–Crippen MR) is 56.2 cm³/mol. The van der Waals surface area contributed by atoms with Gasteiger partial charge in [0.2, 0.25) is 0 Å². The lowest BCUT2D eigenvalue weighted by atomic mass is 9.74. The molecule has 3 nitrogen and oxygen atoms in total. The fourth-order valence-corrected chi connectivity index (χ4v) is 2.62. The van der Waals surface area contributed by atoms with Crippen LogP contribution in [0.3, 0.4) is 0 Å². The molecule has 84 valence electrons. The van der Waals surface area contributed by atoms with Crippen molar-refractivity contribution in [2.45, 2.75) is 38.4 Å². The van der Waals surface area contributed by atoms with Crippen LogP contribution in [0.15, 0.2) is 12.2 Å². The summed E-state index contributed by atoms with van der Waals surface area (Å²) in [4.78, 5) is 11.2. The van der Waals surface area contributed by atoms with E-state index in [1.54, 1.807) is 6.08 Å². The summed E-state index contributed by atoms with van der Waals surface area (Å²) in [6.07, 6.45) is 4.81. The van der Waals surface area contributed by atoms with E-state index >= 15 is 0 Å². The van der Waals surface area contributed by atoms with Gasteiger partial charge in [0.15, 0.2) is 0 Å². The summed E-state index contributed by atoms with van der Waals surface area (Å²) >= 11 is 0. The smallest absolute Gasteiger partial charge is 0.136 e. The topological polar surface area (TPSA) is 57.5 Å². The van der Waals surface area contributed by atoms with Gasteiger partial charge in [-0.1, -0.05) is 19.1 Å². The lowest BCUT2D eigenvalue weighted by Crippen LogP contribution is -2.38. The quantitative estimate of drug-likeness (QED) is 0.680. The summed E-state index contributed by atoms with van der Waals surface area (Å²) in [7, 11) is 0. The Morgan fingerprint density at radius 1 is 1.60 bits per heavy atom. The predicted octanol–water partition coefficient (Wildman–Crippen LogP) is 0.899. The molecular formula is C12H18O3. The first-order valence-electron chi connectivity index (χ1n) is 5.70. The molecule has 0 aromatic heterocycles. The van der Waals surface area contributed by atoms with Crippen molar-refractivity contribution in [1.82, 2.24) is 0 Å². The molecule has 3 unspecified atom stereocenters. The highest BCUT2D eigenvalue weighted by Crippen LogP contribution is 2.47. The lowest BCUT2D eigenvalue weighted by Gasteiger charge is -2.30. The molecule has 0 bridgehead atoms. The average Bonchev–Trinajstić information content (AvgIpc) is 2.48. The highest BCUT2D eigenvalue weighted by molar-refractivity contribution is 5.88. The second-order valence-electron chi connectivity index (χ2n) is 4.69. The van der Waals surface area contributed by atoms with Gasteiger partial charge in [-0.25, -0.2) is 0 Å². The monoisotopic (exact) mass is 210 g/mol. The number of hydrogen-bond donors (Lipinski definition) is 2. The summed E-state index contributed by atoms with van der Waals surface area (Å²) in [5, 5.41) is 19.3. The molecule has 2 fully saturated rings. The largest absolute Gasteiger partial charge is 0.392 e. The zero-order valence-electron chi connectivity index (χ0n) is 8.97. The molecule has 2 aliphatic rings. The van der Waals surface area contributed by atoms with Crippen LogP contribution in [0.2, 0.25) is 0 Å². The number of carbonyl (C=O) groups excluding carboxylic acids is 1. The van der Waals surface area contributed by atoms with E-state index < -0.39 is 6.10 Å². The van der Waals surface area contributed by atoms with Crippen LogP contribution < -0.4 is 0 Å². The summed E-state index contributed by atoms with van der Waals surface area (Å²) in [6.45, 7) is 1.91. The highest BCUT2D eigenvalue weighted by Gasteiger charge is 2.51. The number of aliphatic hydroxyl groups is 2. The minimum absolute atomic E-state index is 0.0626. The van der Waals surface area contributed by atoms with Crippen LogP contribution >= 0.6 is 0 Å². The third-order valence-corrected chi connectivity index (χ3v) is 3.77. The van der Waals surface area contributed by atoms with Crippen molar-refractivity contribution in [3.05, 3.63) is 12.2 Å². The van der Waals surface area contributed by atoms with E-state index in [0.717, 1.165) is 6.42 Å². The maximum atomic E-state index is 11.2. The van der Waals surface area contributed by atoms with Gasteiger partial charge in [0.25, 0.3) is 0 Å². The van der Waals surface area contributed by atoms with Crippen LogP contribution in [0.1, 0.15) is 26.2 Å². The van der Waals surface area contributed by atoms with Crippen LogP contribution in [0, 0.1) is 17.8 Å². The molecule has 2 N–H and O–H groups in total. The molecule has 0 heterocycles. The Hall–Kier alpha value is -0.670. The Kier molecular flexibility index (Phi) is 2.94. The van der Waals surface area contributed by atoms with Gasteiger partial charge < -0.3 is 10.2 Å². The number of ketones is 1. The zero-order chi connectivity index (χ0) is 11.0. The van der Waals surface area contributed by atoms with Crippen molar-refractivity contribution in [3.8, 4) is 0 Å². The van der Waals surface area contributed by atoms with Crippen LogP contribution in [0.4, 0.5) is 0 Å². The van der Waals surface area contributed by atoms with Crippen LogP contribution in [0.25, 0.3) is 0 Å². The van der Waals surface area contributed by atoms with Crippen LogP contribution in [0.5, 0.6) is 0 Å². The molecule has 0 aromatic carbocycles. The molecule has 3 heteroatoms. The number of Topliss-reactive ketones (excluding diaryl/α,β-unsaturated/α-hetero) is 1. The van der Waals surface area contributed by atoms with E-state index in [1.807, 2.05) is 13.0 Å². The normalized spacial score (nSPS) is 41.7. The molecular weight excluding hydrogens is 192 g/mol. The van der Waals surface area contributed by atoms with Crippen LogP contribution in [-0.4, -0.2) is 28.2 Å². The van der Waals surface area contributed by atoms with Gasteiger partial charge in [-0.3, -0.25) is 4.79 Å². The first-order valence-corrected chi connectivity index (χ1v) is 5.70. The van der Waals surface area contributed by atoms with E-state index in [4.69, 9.17) is 0 Å². The summed E-state index contributed by atoms with van der Waals surface area (Å²) < 4.78 is 0. The van der Waals surface area contributed by atoms with Gasteiger partial charge in [-0.2, -0.15) is 0 Å². The van der Waals surface area contributed by atoms with Crippen molar-refractivity contribution in [1.29, 1.82) is 0 Å². The molecule has 0 spiro atoms. The van der Waals surface area contributed by atoms with Gasteiger partial charge in [-0.05, 0) is 12.8 Å². The van der Waals surface area contributed by atoms with Gasteiger partial charge in [0.05, 0.1) is 12.2 Å². The molecule has 0 saturated heterocycles. The fraction of sp³-hybridized carbons (Fsp3) is 0.750. The number of hydrogen-bond acceptors (Lipinski definition) is 3. The van der Waals surface area contributed by atoms with Crippen molar-refractivity contribution >= 4 is 5.78 Å². The second kappa shape index (κ2) is 4.06. The number of carbonyl (C=O) groups is 1. The molecule has 0 aromatic rings. The van der Waals surface area contributed by atoms with E-state index in [0.29, 0.717) is 18.6 Å². The number of fused-ring (bicyclic) bond motifs is 1. The SMILES string of the molecule is CCC(O)C=CC1C[C@@H]2C(=O)C[C@H]2C1O. The standard InChI is InChI=1S/C12H18O3/c1-2-8(13)4-3-7-5-9-10(12(7)15)6-11(9)14/h3-4,7-10,12-13,15H,2,5-6H2,1H3/t7?,8?,9-,10+,12?/m0/s1. The lowest BCUT2D eigenvalue weighted by molar-refractivity contribution is -0.135. The maximum absolute atomic E-state index is 11.2. The fourth-order valence-electron chi connectivity index (χ4n) is 2.62. The van der Waals surface area contributed by atoms with Crippen molar-refractivity contribution in [2.24, 2.45) is 17.8 Å². The summed E-state index contributed by atoms with van der Waals surface area (Å²) in [5.74, 6) is 0.637. The maximum Gasteiger partial charge on any atom is 0.136 e. The number of rotatable bonds is 3. The first kappa shape index (κ1) is 10.8. The van der Waals surface area contributed by atoms with Crippen molar-refractivity contribution < 1.29 is 15.0 Å². The van der Waals surface area contributed by atoms with E-state index in [2.05, 4.69) is 0 Å². The molecule has 2 rings (SSSR count). The molecule has 5 atom stereocenters. The Labute approximate surface area is 89.8 Å². The molecule has 0 radical (unpaired) electrons. The molecule has 0 aliphatic heterocycles. The van der Waals surface area contributed by atoms with Crippen molar-refractivity contribution in [2.75, 3.05) is 0 Å². The average molecular weight is 210 g/mol. The molecule has 2 saturated carbocycles. The number of aliphatic hydroxyl groups excluding tert-OH is 2. The minimum atomic E-state index is -0.425. The van der Waals surface area contributed by atoms with Gasteiger partial charge in [0.1, 0.15) is 5.78 Å². The first-order chi connectivity index (χ1) is 7.13. The summed E-state index contributed by atoms with van der Waals surface area (Å²) in [6, 6.07) is 0. The zero-order valence-corrected chi connectivity index (χ0v) is 8.97. The van der Waals surface area contributed by atoms with Crippen LogP contribution in [-0.2, 0) is 4.79 Å². The molecule has 0 amide bonds. The Morgan fingerprint density at radius 3 is 2.87 bits per heavy atom. The Morgan fingerprint density at radius 2 is 2.33 bits per heavy atom. The Balaban J connectivity index is 1.94. The van der Waals surface area contributed by atoms with Gasteiger partial charge in [-0.15, -0.1) is 0 Å². The Bertz CT molecular complexity index is 285. The van der Waals surface area contributed by atoms with E-state index in [-0.39, 0.29) is 23.9 Å². The molecule has 15 heavy (non-hydrogen) atoms.